The number of unbranched alkanes of at least 4 members (excludes halogenated alkanes) is 27. The number of hydrogen-bond donors (Lipinski definition) is 0. The molecule has 38 heavy (non-hydrogen) atoms. The van der Waals surface area contributed by atoms with Crippen molar-refractivity contribution in [2.45, 2.75) is 226 Å². The van der Waals surface area contributed by atoms with E-state index < -0.39 is 0 Å². The Kier molecular flexibility index (Phi) is 34.5. The molecule has 0 aromatic heterocycles. The summed E-state index contributed by atoms with van der Waals surface area (Å²) in [5.41, 5.74) is 0. The summed E-state index contributed by atoms with van der Waals surface area (Å²) in [6, 6.07) is 0. The predicted molar refractivity (Wildman–Crippen MR) is 177 cm³/mol. The molecule has 0 amide bonds. The van der Waals surface area contributed by atoms with Gasteiger partial charge in [-0.25, -0.2) is 0 Å². The highest BCUT2D eigenvalue weighted by molar-refractivity contribution is 4.81. The van der Waals surface area contributed by atoms with Crippen molar-refractivity contribution in [3.05, 3.63) is 12.2 Å². The highest BCUT2D eigenvalue weighted by atomic mass is 14.1. The topological polar surface area (TPSA) is 0 Å². The van der Waals surface area contributed by atoms with Gasteiger partial charge in [0.25, 0.3) is 0 Å². The third-order valence-corrected chi connectivity index (χ3v) is 8.76. The average molecular weight is 533 g/mol. The Hall–Kier alpha value is -0.260. The van der Waals surface area contributed by atoms with Crippen LogP contribution < -0.4 is 0 Å². The van der Waals surface area contributed by atoms with Crippen molar-refractivity contribution < 1.29 is 0 Å². The zero-order chi connectivity index (χ0) is 27.6. The van der Waals surface area contributed by atoms with E-state index in [0.29, 0.717) is 0 Å². The van der Waals surface area contributed by atoms with Crippen LogP contribution in [-0.2, 0) is 0 Å². The molecule has 0 heteroatoms. The van der Waals surface area contributed by atoms with E-state index in [1.54, 1.807) is 0 Å². The van der Waals surface area contributed by atoms with Gasteiger partial charge in [-0.2, -0.15) is 0 Å². The Balaban J connectivity index is 3.18. The van der Waals surface area contributed by atoms with Crippen LogP contribution in [0.3, 0.4) is 0 Å². The summed E-state index contributed by atoms with van der Waals surface area (Å²) in [4.78, 5) is 0. The first-order valence-corrected chi connectivity index (χ1v) is 18.5. The average Bonchev–Trinajstić information content (AvgIpc) is 2.92. The molecule has 0 fully saturated rings. The van der Waals surface area contributed by atoms with Gasteiger partial charge >= 0.3 is 0 Å². The maximum Gasteiger partial charge on any atom is -0.0351 e. The van der Waals surface area contributed by atoms with Crippen LogP contribution in [0.5, 0.6) is 0 Å². The molecule has 0 aromatic rings. The molecule has 0 heterocycles. The van der Waals surface area contributed by atoms with Crippen molar-refractivity contribution in [2.75, 3.05) is 0 Å². The SMILES string of the molecule is CCCCCCCCCCCCCCC/C=C/CCCCCCCC(C)CCCCCCCCCCCC. The zero-order valence-electron chi connectivity index (χ0n) is 27.4. The molecule has 0 rings (SSSR count). The second kappa shape index (κ2) is 34.8. The molecule has 0 saturated heterocycles. The third-order valence-electron chi connectivity index (χ3n) is 8.76. The van der Waals surface area contributed by atoms with Gasteiger partial charge in [0.15, 0.2) is 0 Å². The Morgan fingerprint density at radius 1 is 0.316 bits per heavy atom. The smallest absolute Gasteiger partial charge is 0.0351 e. The van der Waals surface area contributed by atoms with Gasteiger partial charge < -0.3 is 0 Å². The Labute approximate surface area is 244 Å². The third kappa shape index (κ3) is 33.8. The van der Waals surface area contributed by atoms with Crippen molar-refractivity contribution >= 4 is 0 Å². The molecule has 0 saturated carbocycles. The highest BCUT2D eigenvalue weighted by Gasteiger charge is 2.02. The lowest BCUT2D eigenvalue weighted by Crippen LogP contribution is -1.95. The van der Waals surface area contributed by atoms with Crippen molar-refractivity contribution in [3.63, 3.8) is 0 Å². The summed E-state index contributed by atoms with van der Waals surface area (Å²) >= 11 is 0. The van der Waals surface area contributed by atoms with E-state index in [1.807, 2.05) is 0 Å². The van der Waals surface area contributed by atoms with Gasteiger partial charge in [-0.15, -0.1) is 0 Å². The largest absolute Gasteiger partial charge is 0.0885 e. The molecule has 0 N–H and O–H groups in total. The molecule has 0 nitrogen and oxygen atoms in total. The molecule has 228 valence electrons. The Bertz CT molecular complexity index is 422. The summed E-state index contributed by atoms with van der Waals surface area (Å²) < 4.78 is 0. The molecule has 1 unspecified atom stereocenters. The summed E-state index contributed by atoms with van der Waals surface area (Å²) in [5, 5.41) is 0. The molecule has 0 radical (unpaired) electrons. The minimum absolute atomic E-state index is 0.956. The predicted octanol–water partition coefficient (Wildman–Crippen LogP) is 14.7. The van der Waals surface area contributed by atoms with Gasteiger partial charge in [0.05, 0.1) is 0 Å². The van der Waals surface area contributed by atoms with Gasteiger partial charge in [-0.3, -0.25) is 0 Å². The maximum atomic E-state index is 2.50. The van der Waals surface area contributed by atoms with Gasteiger partial charge in [-0.05, 0) is 31.6 Å². The molecule has 0 spiro atoms. The van der Waals surface area contributed by atoms with Crippen molar-refractivity contribution in [2.24, 2.45) is 5.92 Å². The molecular formula is C38H76. The fraction of sp³-hybridized carbons (Fsp3) is 0.947. The van der Waals surface area contributed by atoms with Crippen LogP contribution in [0.1, 0.15) is 226 Å². The summed E-state index contributed by atoms with van der Waals surface area (Å²) in [5.74, 6) is 0.956. The van der Waals surface area contributed by atoms with E-state index in [0.717, 1.165) is 5.92 Å². The second-order valence-corrected chi connectivity index (χ2v) is 12.9. The summed E-state index contributed by atoms with van der Waals surface area (Å²) in [6.07, 6.45) is 51.3. The first kappa shape index (κ1) is 37.7. The van der Waals surface area contributed by atoms with Crippen LogP contribution in [0.15, 0.2) is 12.2 Å². The van der Waals surface area contributed by atoms with E-state index >= 15 is 0 Å². The fourth-order valence-electron chi connectivity index (χ4n) is 5.93. The minimum Gasteiger partial charge on any atom is -0.0885 e. The van der Waals surface area contributed by atoms with E-state index in [-0.39, 0.29) is 0 Å². The maximum absolute atomic E-state index is 2.50. The lowest BCUT2D eigenvalue weighted by atomic mass is 9.96. The molecule has 1 atom stereocenters. The monoisotopic (exact) mass is 533 g/mol. The second-order valence-electron chi connectivity index (χ2n) is 12.9. The van der Waals surface area contributed by atoms with Crippen LogP contribution >= 0.6 is 0 Å². The fourth-order valence-corrected chi connectivity index (χ4v) is 5.93. The van der Waals surface area contributed by atoms with Gasteiger partial charge in [0.2, 0.25) is 0 Å². The molecule has 0 aliphatic heterocycles. The van der Waals surface area contributed by atoms with Gasteiger partial charge in [0, 0.05) is 0 Å². The van der Waals surface area contributed by atoms with E-state index in [9.17, 15) is 0 Å². The molecular weight excluding hydrogens is 456 g/mol. The quantitative estimate of drug-likeness (QED) is 0.0582. The summed E-state index contributed by atoms with van der Waals surface area (Å²) in [7, 11) is 0. The van der Waals surface area contributed by atoms with Crippen molar-refractivity contribution in [3.8, 4) is 0 Å². The molecule has 0 aliphatic carbocycles. The van der Waals surface area contributed by atoms with Crippen molar-refractivity contribution in [1.29, 1.82) is 0 Å². The Morgan fingerprint density at radius 3 is 0.842 bits per heavy atom. The van der Waals surface area contributed by atoms with E-state index in [2.05, 4.69) is 32.9 Å². The van der Waals surface area contributed by atoms with Crippen LogP contribution in [0, 0.1) is 5.92 Å². The van der Waals surface area contributed by atoms with Crippen LogP contribution in [0.4, 0.5) is 0 Å². The molecule has 0 aromatic carbocycles. The normalized spacial score (nSPS) is 12.6. The number of allylic oxidation sites excluding steroid dienone is 2. The minimum atomic E-state index is 0.956. The highest BCUT2D eigenvalue weighted by Crippen LogP contribution is 2.19. The first-order valence-electron chi connectivity index (χ1n) is 18.5. The lowest BCUT2D eigenvalue weighted by Gasteiger charge is -2.11. The van der Waals surface area contributed by atoms with Gasteiger partial charge in [-0.1, -0.05) is 213 Å². The number of hydrogen-bond acceptors (Lipinski definition) is 0. The standard InChI is InChI=1S/C38H76/c1-4-6-8-10-12-14-16-17-18-19-20-21-22-23-24-25-26-27-29-31-33-35-37-38(3)36-34-32-30-28-15-13-11-9-7-5-2/h24-25,38H,4-23,26-37H2,1-3H3/b25-24+. The molecule has 0 bridgehead atoms. The lowest BCUT2D eigenvalue weighted by molar-refractivity contribution is 0.431. The van der Waals surface area contributed by atoms with Crippen LogP contribution in [0.2, 0.25) is 0 Å². The number of rotatable bonds is 33. The zero-order valence-corrected chi connectivity index (χ0v) is 27.4. The first-order chi connectivity index (χ1) is 18.8. The van der Waals surface area contributed by atoms with Crippen molar-refractivity contribution in [1.82, 2.24) is 0 Å². The van der Waals surface area contributed by atoms with Gasteiger partial charge in [0.1, 0.15) is 0 Å². The van der Waals surface area contributed by atoms with E-state index in [4.69, 9.17) is 0 Å². The van der Waals surface area contributed by atoms with Crippen LogP contribution in [-0.4, -0.2) is 0 Å². The Morgan fingerprint density at radius 2 is 0.553 bits per heavy atom. The van der Waals surface area contributed by atoms with E-state index in [1.165, 1.54) is 205 Å². The molecule has 0 aliphatic rings. The summed E-state index contributed by atoms with van der Waals surface area (Å²) in [6.45, 7) is 7.11. The van der Waals surface area contributed by atoms with Crippen LogP contribution in [0.25, 0.3) is 0 Å².